The summed E-state index contributed by atoms with van der Waals surface area (Å²) < 4.78 is 4.72. The van der Waals surface area contributed by atoms with Crippen molar-refractivity contribution in [2.75, 3.05) is 6.61 Å². The molecule has 0 amide bonds. The summed E-state index contributed by atoms with van der Waals surface area (Å²) in [5.41, 5.74) is 5.53. The molecule has 1 aliphatic carbocycles. The molecule has 0 spiro atoms. The topological polar surface area (TPSA) is 72.5 Å². The van der Waals surface area contributed by atoms with Crippen molar-refractivity contribution in [3.63, 3.8) is 0 Å². The van der Waals surface area contributed by atoms with Crippen LogP contribution in [-0.2, 0) is 9.53 Å². The van der Waals surface area contributed by atoms with Gasteiger partial charge in [0.2, 0.25) is 0 Å². The standard InChI is InChI=1S/C9H17NO3/c1-2-13-9(12)7(10)8(11)6-4-3-5-6/h6-8,11H,2-5,10H2,1H3. The van der Waals surface area contributed by atoms with E-state index in [1.54, 1.807) is 6.92 Å². The van der Waals surface area contributed by atoms with Crippen LogP contribution in [0.25, 0.3) is 0 Å². The van der Waals surface area contributed by atoms with Crippen LogP contribution in [0.1, 0.15) is 26.2 Å². The van der Waals surface area contributed by atoms with Crippen molar-refractivity contribution >= 4 is 5.97 Å². The molecular weight excluding hydrogens is 170 g/mol. The second-order valence-electron chi connectivity index (χ2n) is 3.46. The van der Waals surface area contributed by atoms with E-state index >= 15 is 0 Å². The summed E-state index contributed by atoms with van der Waals surface area (Å²) in [5.74, 6) is -0.304. The smallest absolute Gasteiger partial charge is 0.325 e. The monoisotopic (exact) mass is 187 g/mol. The number of carbonyl (C=O) groups is 1. The molecule has 0 aromatic rings. The minimum Gasteiger partial charge on any atom is -0.465 e. The van der Waals surface area contributed by atoms with Gasteiger partial charge in [0.1, 0.15) is 6.04 Å². The number of rotatable bonds is 4. The zero-order chi connectivity index (χ0) is 9.84. The molecule has 13 heavy (non-hydrogen) atoms. The molecule has 0 heterocycles. The van der Waals surface area contributed by atoms with Crippen molar-refractivity contribution in [3.05, 3.63) is 0 Å². The van der Waals surface area contributed by atoms with Crippen LogP contribution in [0.5, 0.6) is 0 Å². The zero-order valence-corrected chi connectivity index (χ0v) is 7.90. The highest BCUT2D eigenvalue weighted by atomic mass is 16.5. The molecule has 4 heteroatoms. The Balaban J connectivity index is 2.35. The third-order valence-electron chi connectivity index (χ3n) is 2.56. The fourth-order valence-corrected chi connectivity index (χ4v) is 1.45. The minimum absolute atomic E-state index is 0.194. The first-order chi connectivity index (χ1) is 6.16. The predicted molar refractivity (Wildman–Crippen MR) is 48.0 cm³/mol. The van der Waals surface area contributed by atoms with Crippen molar-refractivity contribution in [3.8, 4) is 0 Å². The lowest BCUT2D eigenvalue weighted by Gasteiger charge is -2.32. The van der Waals surface area contributed by atoms with Crippen LogP contribution in [0, 0.1) is 5.92 Å². The highest BCUT2D eigenvalue weighted by Crippen LogP contribution is 2.30. The number of ether oxygens (including phenoxy) is 1. The van der Waals surface area contributed by atoms with Crippen molar-refractivity contribution in [2.24, 2.45) is 11.7 Å². The molecule has 0 bridgehead atoms. The van der Waals surface area contributed by atoms with E-state index in [1.165, 1.54) is 0 Å². The van der Waals surface area contributed by atoms with E-state index < -0.39 is 18.1 Å². The Morgan fingerprint density at radius 1 is 1.69 bits per heavy atom. The van der Waals surface area contributed by atoms with E-state index in [0.29, 0.717) is 6.61 Å². The molecule has 3 N–H and O–H groups in total. The lowest BCUT2D eigenvalue weighted by molar-refractivity contribution is -0.149. The first-order valence-electron chi connectivity index (χ1n) is 4.77. The van der Waals surface area contributed by atoms with Crippen LogP contribution < -0.4 is 5.73 Å². The molecule has 0 saturated heterocycles. The van der Waals surface area contributed by atoms with Crippen molar-refractivity contribution in [2.45, 2.75) is 38.3 Å². The van der Waals surface area contributed by atoms with E-state index in [2.05, 4.69) is 0 Å². The van der Waals surface area contributed by atoms with Crippen molar-refractivity contribution in [1.82, 2.24) is 0 Å². The molecule has 4 nitrogen and oxygen atoms in total. The molecule has 1 saturated carbocycles. The van der Waals surface area contributed by atoms with Gasteiger partial charge in [-0.3, -0.25) is 4.79 Å². The number of hydrogen-bond donors (Lipinski definition) is 2. The van der Waals surface area contributed by atoms with E-state index in [4.69, 9.17) is 10.5 Å². The van der Waals surface area contributed by atoms with Crippen LogP contribution in [0.2, 0.25) is 0 Å². The van der Waals surface area contributed by atoms with Gasteiger partial charge in [-0.2, -0.15) is 0 Å². The molecule has 2 atom stereocenters. The summed E-state index contributed by atoms with van der Waals surface area (Å²) >= 11 is 0. The number of aliphatic hydroxyl groups is 1. The van der Waals surface area contributed by atoms with Gasteiger partial charge >= 0.3 is 5.97 Å². The molecule has 0 aromatic carbocycles. The predicted octanol–water partition coefficient (Wildman–Crippen LogP) is 0.0378. The van der Waals surface area contributed by atoms with Crippen molar-refractivity contribution < 1.29 is 14.6 Å². The molecule has 0 aromatic heterocycles. The first-order valence-corrected chi connectivity index (χ1v) is 4.77. The molecule has 0 radical (unpaired) electrons. The first kappa shape index (κ1) is 10.5. The van der Waals surface area contributed by atoms with E-state index in [0.717, 1.165) is 19.3 Å². The fourth-order valence-electron chi connectivity index (χ4n) is 1.45. The Labute approximate surface area is 78.1 Å². The number of aliphatic hydroxyl groups excluding tert-OH is 1. The normalized spacial score (nSPS) is 21.8. The van der Waals surface area contributed by atoms with Gasteiger partial charge in [0.15, 0.2) is 0 Å². The summed E-state index contributed by atoms with van der Waals surface area (Å²) in [5, 5.41) is 9.61. The van der Waals surface area contributed by atoms with E-state index in [1.807, 2.05) is 0 Å². The van der Waals surface area contributed by atoms with Crippen LogP contribution in [0.15, 0.2) is 0 Å². The Morgan fingerprint density at radius 3 is 2.69 bits per heavy atom. The summed E-state index contributed by atoms with van der Waals surface area (Å²) in [7, 11) is 0. The highest BCUT2D eigenvalue weighted by Gasteiger charge is 2.34. The molecule has 0 aliphatic heterocycles. The average molecular weight is 187 g/mol. The summed E-state index contributed by atoms with van der Waals surface area (Å²) in [6, 6.07) is -0.870. The largest absolute Gasteiger partial charge is 0.465 e. The maximum absolute atomic E-state index is 11.1. The minimum atomic E-state index is -0.870. The van der Waals surface area contributed by atoms with Gasteiger partial charge in [-0.15, -0.1) is 0 Å². The average Bonchev–Trinajstić information content (AvgIpc) is 2.00. The molecule has 1 rings (SSSR count). The quantitative estimate of drug-likeness (QED) is 0.609. The van der Waals surface area contributed by atoms with Crippen LogP contribution in [0.3, 0.4) is 0 Å². The van der Waals surface area contributed by atoms with Gasteiger partial charge in [0, 0.05) is 0 Å². The Bertz CT molecular complexity index is 180. The number of hydrogen-bond acceptors (Lipinski definition) is 4. The Kier molecular flexibility index (Phi) is 3.69. The number of nitrogens with two attached hydrogens (primary N) is 1. The van der Waals surface area contributed by atoms with Gasteiger partial charge < -0.3 is 15.6 Å². The van der Waals surface area contributed by atoms with Gasteiger partial charge in [0.05, 0.1) is 12.7 Å². The summed E-state index contributed by atoms with van der Waals surface area (Å²) in [4.78, 5) is 11.1. The zero-order valence-electron chi connectivity index (χ0n) is 7.90. The highest BCUT2D eigenvalue weighted by molar-refractivity contribution is 5.76. The van der Waals surface area contributed by atoms with E-state index in [-0.39, 0.29) is 5.92 Å². The summed E-state index contributed by atoms with van der Waals surface area (Å²) in [6.45, 7) is 2.03. The van der Waals surface area contributed by atoms with Gasteiger partial charge in [-0.1, -0.05) is 6.42 Å². The lowest BCUT2D eigenvalue weighted by atomic mass is 9.79. The van der Waals surface area contributed by atoms with Crippen molar-refractivity contribution in [1.29, 1.82) is 0 Å². The van der Waals surface area contributed by atoms with Crippen LogP contribution >= 0.6 is 0 Å². The van der Waals surface area contributed by atoms with Crippen LogP contribution in [-0.4, -0.2) is 29.8 Å². The third-order valence-corrected chi connectivity index (χ3v) is 2.56. The molecule has 1 aliphatic rings. The van der Waals surface area contributed by atoms with E-state index in [9.17, 15) is 9.90 Å². The lowest BCUT2D eigenvalue weighted by Crippen LogP contribution is -2.48. The molecule has 2 unspecified atom stereocenters. The van der Waals surface area contributed by atoms with Crippen LogP contribution in [0.4, 0.5) is 0 Å². The Hall–Kier alpha value is -0.610. The maximum Gasteiger partial charge on any atom is 0.325 e. The Morgan fingerprint density at radius 2 is 2.31 bits per heavy atom. The summed E-state index contributed by atoms with van der Waals surface area (Å²) in [6.07, 6.45) is 2.33. The SMILES string of the molecule is CCOC(=O)C(N)C(O)C1CCC1. The number of carbonyl (C=O) groups excluding carboxylic acids is 1. The fraction of sp³-hybridized carbons (Fsp3) is 0.889. The molecule has 1 fully saturated rings. The molecular formula is C9H17NO3. The second kappa shape index (κ2) is 4.58. The third kappa shape index (κ3) is 2.42. The van der Waals surface area contributed by atoms with Gasteiger partial charge in [-0.05, 0) is 25.7 Å². The van der Waals surface area contributed by atoms with Gasteiger partial charge in [-0.25, -0.2) is 0 Å². The second-order valence-corrected chi connectivity index (χ2v) is 3.46. The number of esters is 1. The molecule has 76 valence electrons. The van der Waals surface area contributed by atoms with Gasteiger partial charge in [0.25, 0.3) is 0 Å². The maximum atomic E-state index is 11.1.